The lowest BCUT2D eigenvalue weighted by atomic mass is 10.1. The lowest BCUT2D eigenvalue weighted by molar-refractivity contribution is 0.398. The number of fused-ring (bicyclic) bond motifs is 1. The maximum absolute atomic E-state index is 9.47. The fourth-order valence-electron chi connectivity index (χ4n) is 2.67. The maximum atomic E-state index is 9.47. The number of methoxy groups -OCH3 is 1. The van der Waals surface area contributed by atoms with E-state index in [1.165, 1.54) is 0 Å². The van der Waals surface area contributed by atoms with Crippen LogP contribution in [-0.4, -0.2) is 26.6 Å². The summed E-state index contributed by atoms with van der Waals surface area (Å²) >= 11 is 0. The molecule has 0 fully saturated rings. The summed E-state index contributed by atoms with van der Waals surface area (Å²) in [6, 6.07) is 15.0. The Labute approximate surface area is 138 Å². The van der Waals surface area contributed by atoms with Crippen LogP contribution in [0.15, 0.2) is 67.1 Å². The number of hydrogen-bond acceptors (Lipinski definition) is 4. The number of aromatic nitrogens is 3. The fourth-order valence-corrected chi connectivity index (χ4v) is 2.67. The highest BCUT2D eigenvalue weighted by molar-refractivity contribution is 5.69. The van der Waals surface area contributed by atoms with Crippen LogP contribution in [0.25, 0.3) is 28.0 Å². The smallest absolute Gasteiger partial charge is 0.212 e. The third-order valence-corrected chi connectivity index (χ3v) is 3.94. The summed E-state index contributed by atoms with van der Waals surface area (Å²) in [5.41, 5.74) is 4.81. The molecule has 0 radical (unpaired) electrons. The van der Waals surface area contributed by atoms with E-state index in [-0.39, 0.29) is 5.75 Å². The van der Waals surface area contributed by atoms with Gasteiger partial charge in [-0.25, -0.2) is 4.98 Å². The van der Waals surface area contributed by atoms with Gasteiger partial charge in [0.05, 0.1) is 30.2 Å². The summed E-state index contributed by atoms with van der Waals surface area (Å²) in [5.74, 6) is 0.830. The van der Waals surface area contributed by atoms with Gasteiger partial charge in [0.15, 0.2) is 0 Å². The Kier molecular flexibility index (Phi) is 3.39. The van der Waals surface area contributed by atoms with Crippen LogP contribution in [0.4, 0.5) is 0 Å². The molecule has 1 N–H and O–H groups in total. The van der Waals surface area contributed by atoms with E-state index in [9.17, 15) is 5.11 Å². The van der Waals surface area contributed by atoms with E-state index < -0.39 is 0 Å². The number of rotatable bonds is 3. The number of benzene rings is 1. The molecule has 0 unspecified atom stereocenters. The zero-order chi connectivity index (χ0) is 16.5. The Balaban J connectivity index is 1.81. The molecule has 0 aliphatic heterocycles. The maximum Gasteiger partial charge on any atom is 0.212 e. The number of phenols is 1. The second-order valence-electron chi connectivity index (χ2n) is 5.42. The molecule has 4 aromatic rings. The molecule has 0 spiro atoms. The van der Waals surface area contributed by atoms with Gasteiger partial charge < -0.3 is 14.2 Å². The van der Waals surface area contributed by atoms with Crippen molar-refractivity contribution < 1.29 is 9.84 Å². The van der Waals surface area contributed by atoms with Crippen molar-refractivity contribution in [2.24, 2.45) is 0 Å². The molecule has 1 aromatic carbocycles. The third-order valence-electron chi connectivity index (χ3n) is 3.94. The Morgan fingerprint density at radius 2 is 1.67 bits per heavy atom. The summed E-state index contributed by atoms with van der Waals surface area (Å²) in [6.45, 7) is 0. The van der Waals surface area contributed by atoms with E-state index in [0.717, 1.165) is 28.0 Å². The number of phenolic OH excluding ortho intramolecular Hbond substituents is 1. The molecule has 0 saturated carbocycles. The van der Waals surface area contributed by atoms with Crippen LogP contribution in [0.3, 0.4) is 0 Å². The molecular weight excluding hydrogens is 302 g/mol. The van der Waals surface area contributed by atoms with Crippen LogP contribution >= 0.6 is 0 Å². The molecule has 0 atom stereocenters. The molecule has 0 amide bonds. The second-order valence-corrected chi connectivity index (χ2v) is 5.42. The molecule has 24 heavy (non-hydrogen) atoms. The highest BCUT2D eigenvalue weighted by Gasteiger charge is 2.08. The van der Waals surface area contributed by atoms with Gasteiger partial charge in [0.2, 0.25) is 5.88 Å². The highest BCUT2D eigenvalue weighted by atomic mass is 16.5. The molecule has 5 nitrogen and oxygen atoms in total. The predicted molar refractivity (Wildman–Crippen MR) is 92.1 cm³/mol. The van der Waals surface area contributed by atoms with Crippen molar-refractivity contribution in [2.45, 2.75) is 0 Å². The van der Waals surface area contributed by atoms with Crippen molar-refractivity contribution in [3.05, 3.63) is 67.1 Å². The van der Waals surface area contributed by atoms with Crippen LogP contribution in [0.2, 0.25) is 0 Å². The van der Waals surface area contributed by atoms with Gasteiger partial charge in [-0.3, -0.25) is 4.98 Å². The minimum absolute atomic E-state index is 0.256. The van der Waals surface area contributed by atoms with Crippen LogP contribution in [0.5, 0.6) is 11.6 Å². The van der Waals surface area contributed by atoms with Crippen LogP contribution in [-0.2, 0) is 0 Å². The molecule has 0 aliphatic rings. The molecule has 0 bridgehead atoms. The first kappa shape index (κ1) is 14.3. The lowest BCUT2D eigenvalue weighted by Gasteiger charge is -2.07. The van der Waals surface area contributed by atoms with Crippen molar-refractivity contribution in [3.8, 4) is 34.1 Å². The molecule has 3 heterocycles. The summed E-state index contributed by atoms with van der Waals surface area (Å²) in [7, 11) is 1.59. The monoisotopic (exact) mass is 317 g/mol. The quantitative estimate of drug-likeness (QED) is 0.625. The number of ether oxygens (including phenoxy) is 1. The largest absolute Gasteiger partial charge is 0.508 e. The first-order valence-corrected chi connectivity index (χ1v) is 7.51. The number of nitrogens with zero attached hydrogens (tertiary/aromatic N) is 3. The van der Waals surface area contributed by atoms with Gasteiger partial charge in [0.25, 0.3) is 0 Å². The minimum Gasteiger partial charge on any atom is -0.508 e. The SMILES string of the molecule is COc1ccc(-c2cn3c(-c4ccc(O)cc4)ccc3cn2)cn1. The minimum atomic E-state index is 0.256. The molecule has 5 heteroatoms. The van der Waals surface area contributed by atoms with Gasteiger partial charge in [-0.15, -0.1) is 0 Å². The van der Waals surface area contributed by atoms with Crippen molar-refractivity contribution in [1.82, 2.24) is 14.4 Å². The Bertz CT molecular complexity index is 989. The summed E-state index contributed by atoms with van der Waals surface area (Å²) in [5, 5.41) is 9.47. The number of hydrogen-bond donors (Lipinski definition) is 1. The van der Waals surface area contributed by atoms with E-state index in [4.69, 9.17) is 4.74 Å². The van der Waals surface area contributed by atoms with Crippen molar-refractivity contribution in [2.75, 3.05) is 7.11 Å². The summed E-state index contributed by atoms with van der Waals surface area (Å²) in [4.78, 5) is 8.74. The van der Waals surface area contributed by atoms with Crippen LogP contribution in [0, 0.1) is 0 Å². The second kappa shape index (κ2) is 5.70. The van der Waals surface area contributed by atoms with Crippen LogP contribution < -0.4 is 4.74 Å². The van der Waals surface area contributed by atoms with E-state index in [0.29, 0.717) is 5.88 Å². The van der Waals surface area contributed by atoms with Crippen molar-refractivity contribution in [3.63, 3.8) is 0 Å². The van der Waals surface area contributed by atoms with Gasteiger partial charge in [0, 0.05) is 24.0 Å². The molecule has 3 aromatic heterocycles. The predicted octanol–water partition coefficient (Wildman–Crippen LogP) is 3.78. The van der Waals surface area contributed by atoms with E-state index in [2.05, 4.69) is 14.4 Å². The van der Waals surface area contributed by atoms with Gasteiger partial charge >= 0.3 is 0 Å². The fraction of sp³-hybridized carbons (Fsp3) is 0.0526. The molecule has 4 rings (SSSR count). The van der Waals surface area contributed by atoms with E-state index in [1.54, 1.807) is 25.4 Å². The van der Waals surface area contributed by atoms with Gasteiger partial charge in [-0.05, 0) is 48.0 Å². The van der Waals surface area contributed by atoms with Gasteiger partial charge in [0.1, 0.15) is 5.75 Å². The normalized spacial score (nSPS) is 10.9. The number of pyridine rings is 1. The summed E-state index contributed by atoms with van der Waals surface area (Å²) < 4.78 is 7.17. The van der Waals surface area contributed by atoms with Gasteiger partial charge in [-0.1, -0.05) is 0 Å². The molecule has 118 valence electrons. The van der Waals surface area contributed by atoms with Gasteiger partial charge in [-0.2, -0.15) is 0 Å². The van der Waals surface area contributed by atoms with E-state index in [1.807, 2.05) is 48.8 Å². The molecule has 0 saturated heterocycles. The average Bonchev–Trinajstić information content (AvgIpc) is 3.05. The Morgan fingerprint density at radius 1 is 0.875 bits per heavy atom. The molecule has 0 aliphatic carbocycles. The standard InChI is InChI=1S/C19H15N3O2/c1-24-19-9-4-14(10-21-19)17-12-22-15(11-20-17)5-8-18(22)13-2-6-16(23)7-3-13/h2-12,23H,1H3. The topological polar surface area (TPSA) is 59.7 Å². The third kappa shape index (κ3) is 2.46. The van der Waals surface area contributed by atoms with Crippen molar-refractivity contribution >= 4 is 5.52 Å². The first-order valence-electron chi connectivity index (χ1n) is 7.51. The Morgan fingerprint density at radius 3 is 2.38 bits per heavy atom. The summed E-state index contributed by atoms with van der Waals surface area (Å²) in [6.07, 6.45) is 5.57. The Hall–Kier alpha value is -3.34. The van der Waals surface area contributed by atoms with Crippen molar-refractivity contribution in [1.29, 1.82) is 0 Å². The average molecular weight is 317 g/mol. The first-order chi connectivity index (χ1) is 11.7. The highest BCUT2D eigenvalue weighted by Crippen LogP contribution is 2.26. The lowest BCUT2D eigenvalue weighted by Crippen LogP contribution is -1.93. The zero-order valence-corrected chi connectivity index (χ0v) is 13.0. The van der Waals surface area contributed by atoms with E-state index >= 15 is 0 Å². The number of aromatic hydroxyl groups is 1. The van der Waals surface area contributed by atoms with Crippen LogP contribution in [0.1, 0.15) is 0 Å². The molecular formula is C19H15N3O2. The zero-order valence-electron chi connectivity index (χ0n) is 13.0.